The maximum atomic E-state index is 6.01. The lowest BCUT2D eigenvalue weighted by Gasteiger charge is -2.22. The second-order valence-corrected chi connectivity index (χ2v) is 6.85. The van der Waals surface area contributed by atoms with Crippen molar-refractivity contribution in [3.8, 4) is 11.1 Å². The highest BCUT2D eigenvalue weighted by Gasteiger charge is 2.26. The Hall–Kier alpha value is -3.12. The highest BCUT2D eigenvalue weighted by molar-refractivity contribution is 7.10. The average Bonchev–Trinajstić information content (AvgIpc) is 3.26. The van der Waals surface area contributed by atoms with Crippen molar-refractivity contribution >= 4 is 34.3 Å². The number of hydrogen-bond acceptors (Lipinski definition) is 5. The van der Waals surface area contributed by atoms with Gasteiger partial charge in [-0.25, -0.2) is 9.98 Å². The van der Waals surface area contributed by atoms with Crippen LogP contribution in [0.1, 0.15) is 11.0 Å². The molecule has 6 heteroatoms. The monoisotopic (exact) mass is 345 g/mol. The molecule has 0 bridgehead atoms. The lowest BCUT2D eigenvalue weighted by Crippen LogP contribution is -2.31. The number of aliphatic imine (C=N–C) groups is 1. The van der Waals surface area contributed by atoms with E-state index < -0.39 is 0 Å². The topological polar surface area (TPSA) is 68.2 Å². The molecule has 0 saturated carbocycles. The third kappa shape index (κ3) is 2.30. The summed E-state index contributed by atoms with van der Waals surface area (Å²) in [6.07, 6.45) is -0.203. The number of nitrogens with two attached hydrogens (primary N) is 1. The zero-order valence-corrected chi connectivity index (χ0v) is 14.1. The Morgan fingerprint density at radius 3 is 2.68 bits per heavy atom. The Morgan fingerprint density at radius 1 is 1.00 bits per heavy atom. The molecule has 5 rings (SSSR count). The summed E-state index contributed by atoms with van der Waals surface area (Å²) in [6, 6.07) is 20.6. The van der Waals surface area contributed by atoms with E-state index in [0.29, 0.717) is 5.96 Å². The van der Waals surface area contributed by atoms with Crippen LogP contribution in [0, 0.1) is 0 Å². The predicted molar refractivity (Wildman–Crippen MR) is 103 cm³/mol. The minimum atomic E-state index is -0.203. The van der Waals surface area contributed by atoms with E-state index in [4.69, 9.17) is 5.73 Å². The van der Waals surface area contributed by atoms with E-state index in [1.54, 1.807) is 11.3 Å². The minimum absolute atomic E-state index is 0.203. The third-order valence-corrected chi connectivity index (χ3v) is 5.30. The van der Waals surface area contributed by atoms with Gasteiger partial charge in [0.2, 0.25) is 5.95 Å². The van der Waals surface area contributed by atoms with Gasteiger partial charge < -0.3 is 5.73 Å². The van der Waals surface area contributed by atoms with Gasteiger partial charge in [0, 0.05) is 0 Å². The first-order chi connectivity index (χ1) is 12.3. The first-order valence-electron chi connectivity index (χ1n) is 8.01. The second-order valence-electron chi connectivity index (χ2n) is 5.91. The number of guanidine groups is 1. The standard InChI is InChI=1S/C19H15N5S/c20-18-22-17(16-10-13(11-25-16)12-6-2-1-3-7-12)24-15-9-5-4-8-14(15)21-19(24)23-18/h1-11,17H,(H3,20,21,22,23)/t17-/m1/s1. The van der Waals surface area contributed by atoms with Crippen molar-refractivity contribution in [2.75, 3.05) is 5.32 Å². The van der Waals surface area contributed by atoms with Crippen molar-refractivity contribution < 1.29 is 0 Å². The maximum Gasteiger partial charge on any atom is 0.212 e. The summed E-state index contributed by atoms with van der Waals surface area (Å²) in [6.45, 7) is 0. The quantitative estimate of drug-likeness (QED) is 0.576. The minimum Gasteiger partial charge on any atom is -0.370 e. The van der Waals surface area contributed by atoms with Gasteiger partial charge in [-0.3, -0.25) is 9.88 Å². The molecule has 0 unspecified atom stereocenters. The summed E-state index contributed by atoms with van der Waals surface area (Å²) in [5, 5.41) is 5.24. The number of nitrogens with zero attached hydrogens (tertiary/aromatic N) is 3. The third-order valence-electron chi connectivity index (χ3n) is 4.32. The fraction of sp³-hybridized carbons (Fsp3) is 0.0526. The summed E-state index contributed by atoms with van der Waals surface area (Å²) in [5.41, 5.74) is 10.4. The fourth-order valence-electron chi connectivity index (χ4n) is 3.18. The Bertz CT molecular complexity index is 1090. The zero-order valence-electron chi connectivity index (χ0n) is 13.3. The van der Waals surface area contributed by atoms with Crippen LogP contribution in [0.3, 0.4) is 0 Å². The number of rotatable bonds is 2. The Balaban J connectivity index is 1.65. The molecule has 0 aliphatic carbocycles. The number of nitrogens with one attached hydrogen (secondary N) is 1. The van der Waals surface area contributed by atoms with E-state index in [1.165, 1.54) is 11.1 Å². The summed E-state index contributed by atoms with van der Waals surface area (Å²) in [7, 11) is 0. The molecule has 25 heavy (non-hydrogen) atoms. The van der Waals surface area contributed by atoms with Gasteiger partial charge in [0.15, 0.2) is 12.1 Å². The number of benzene rings is 2. The SMILES string of the molecule is NC1=N[C@@H](c2cc(-c3ccccc3)cs2)n2c(nc3ccccc32)N1. The van der Waals surface area contributed by atoms with Crippen LogP contribution in [0.25, 0.3) is 22.2 Å². The average molecular weight is 345 g/mol. The van der Waals surface area contributed by atoms with Crippen LogP contribution in [-0.4, -0.2) is 15.5 Å². The van der Waals surface area contributed by atoms with Gasteiger partial charge in [0.25, 0.3) is 0 Å². The van der Waals surface area contributed by atoms with E-state index in [1.807, 2.05) is 24.3 Å². The van der Waals surface area contributed by atoms with Crippen molar-refractivity contribution in [3.63, 3.8) is 0 Å². The second kappa shape index (κ2) is 5.46. The predicted octanol–water partition coefficient (Wildman–Crippen LogP) is 4.05. The maximum absolute atomic E-state index is 6.01. The number of fused-ring (bicyclic) bond motifs is 3. The molecule has 3 heterocycles. The number of imidazole rings is 1. The summed E-state index contributed by atoms with van der Waals surface area (Å²) in [4.78, 5) is 10.4. The van der Waals surface area contributed by atoms with E-state index in [2.05, 4.69) is 61.6 Å². The lowest BCUT2D eigenvalue weighted by molar-refractivity contribution is 0.637. The lowest BCUT2D eigenvalue weighted by atomic mass is 10.1. The van der Waals surface area contributed by atoms with Crippen LogP contribution in [0.2, 0.25) is 0 Å². The Labute approximate surface area is 148 Å². The van der Waals surface area contributed by atoms with E-state index in [0.717, 1.165) is 21.9 Å². The summed E-state index contributed by atoms with van der Waals surface area (Å²) < 4.78 is 2.10. The Kier molecular flexibility index (Phi) is 3.11. The van der Waals surface area contributed by atoms with Gasteiger partial charge in [-0.05, 0) is 34.7 Å². The van der Waals surface area contributed by atoms with Gasteiger partial charge >= 0.3 is 0 Å². The fourth-order valence-corrected chi connectivity index (χ4v) is 4.12. The number of thiophene rings is 1. The molecule has 0 amide bonds. The molecule has 3 N–H and O–H groups in total. The molecule has 0 spiro atoms. The molecule has 0 saturated heterocycles. The normalized spacial score (nSPS) is 16.3. The van der Waals surface area contributed by atoms with Crippen molar-refractivity contribution in [1.82, 2.24) is 9.55 Å². The van der Waals surface area contributed by atoms with Crippen LogP contribution >= 0.6 is 11.3 Å². The van der Waals surface area contributed by atoms with Gasteiger partial charge in [-0.2, -0.15) is 0 Å². The molecular formula is C19H15N5S. The van der Waals surface area contributed by atoms with Gasteiger partial charge in [0.05, 0.1) is 15.9 Å². The Morgan fingerprint density at radius 2 is 1.80 bits per heavy atom. The number of aromatic nitrogens is 2. The van der Waals surface area contributed by atoms with Crippen molar-refractivity contribution in [2.45, 2.75) is 6.17 Å². The molecule has 0 fully saturated rings. The largest absolute Gasteiger partial charge is 0.370 e. The van der Waals surface area contributed by atoms with Crippen molar-refractivity contribution in [3.05, 3.63) is 70.9 Å². The van der Waals surface area contributed by atoms with Crippen molar-refractivity contribution in [2.24, 2.45) is 10.7 Å². The van der Waals surface area contributed by atoms with Crippen LogP contribution in [0.15, 0.2) is 71.0 Å². The van der Waals surface area contributed by atoms with Gasteiger partial charge in [-0.1, -0.05) is 42.5 Å². The van der Waals surface area contributed by atoms with Crippen LogP contribution in [-0.2, 0) is 0 Å². The van der Waals surface area contributed by atoms with Crippen LogP contribution < -0.4 is 11.1 Å². The molecular weight excluding hydrogens is 330 g/mol. The molecule has 5 nitrogen and oxygen atoms in total. The number of hydrogen-bond donors (Lipinski definition) is 2. The molecule has 1 aliphatic rings. The molecule has 4 aromatic rings. The van der Waals surface area contributed by atoms with Crippen molar-refractivity contribution in [1.29, 1.82) is 0 Å². The molecule has 0 radical (unpaired) electrons. The molecule has 1 atom stereocenters. The first kappa shape index (κ1) is 14.2. The summed E-state index contributed by atoms with van der Waals surface area (Å²) in [5.74, 6) is 1.12. The van der Waals surface area contributed by atoms with E-state index in [-0.39, 0.29) is 6.17 Å². The van der Waals surface area contributed by atoms with Gasteiger partial charge in [0.1, 0.15) is 0 Å². The van der Waals surface area contributed by atoms with Crippen LogP contribution in [0.5, 0.6) is 0 Å². The number of anilines is 1. The molecule has 2 aromatic heterocycles. The highest BCUT2D eigenvalue weighted by Crippen LogP contribution is 2.37. The van der Waals surface area contributed by atoms with Crippen LogP contribution in [0.4, 0.5) is 5.95 Å². The smallest absolute Gasteiger partial charge is 0.212 e. The molecule has 1 aliphatic heterocycles. The first-order valence-corrected chi connectivity index (χ1v) is 8.89. The molecule has 2 aromatic carbocycles. The zero-order chi connectivity index (χ0) is 16.8. The number of para-hydroxylation sites is 2. The van der Waals surface area contributed by atoms with E-state index >= 15 is 0 Å². The summed E-state index contributed by atoms with van der Waals surface area (Å²) >= 11 is 1.69. The molecule has 122 valence electrons. The van der Waals surface area contributed by atoms with Gasteiger partial charge in [-0.15, -0.1) is 11.3 Å². The van der Waals surface area contributed by atoms with E-state index in [9.17, 15) is 0 Å². The highest BCUT2D eigenvalue weighted by atomic mass is 32.1.